The minimum atomic E-state index is -0.205. The molecule has 3 aromatic rings. The molecule has 4 nitrogen and oxygen atoms in total. The smallest absolute Gasteiger partial charge is 0.265 e. The Bertz CT molecular complexity index is 866. The van der Waals surface area contributed by atoms with Crippen LogP contribution in [-0.2, 0) is 6.54 Å². The second-order valence-corrected chi connectivity index (χ2v) is 5.68. The summed E-state index contributed by atoms with van der Waals surface area (Å²) < 4.78 is 1.65. The van der Waals surface area contributed by atoms with Gasteiger partial charge in [0.25, 0.3) is 5.56 Å². The van der Waals surface area contributed by atoms with Gasteiger partial charge < -0.3 is 5.73 Å². The van der Waals surface area contributed by atoms with Crippen LogP contribution in [0.4, 0.5) is 0 Å². The van der Waals surface area contributed by atoms with Crippen LogP contribution in [0.2, 0.25) is 10.0 Å². The molecule has 1 aromatic heterocycles. The molecule has 0 aliphatic rings. The molecule has 3 rings (SSSR count). The quantitative estimate of drug-likeness (QED) is 0.769. The number of nitrogens with two attached hydrogens (primary N) is 1. The molecule has 0 radical (unpaired) electrons. The highest BCUT2D eigenvalue weighted by Gasteiger charge is 2.12. The van der Waals surface area contributed by atoms with Gasteiger partial charge in [-0.1, -0.05) is 47.5 Å². The molecule has 22 heavy (non-hydrogen) atoms. The van der Waals surface area contributed by atoms with E-state index in [9.17, 15) is 4.79 Å². The summed E-state index contributed by atoms with van der Waals surface area (Å²) in [5, 5.41) is 3.75. The predicted molar refractivity (Wildman–Crippen MR) is 89.7 cm³/mol. The van der Waals surface area contributed by atoms with Crippen molar-refractivity contribution in [3.63, 3.8) is 0 Å². The molecule has 0 aliphatic carbocycles. The third kappa shape index (κ3) is 2.81. The van der Waals surface area contributed by atoms with Crippen LogP contribution in [-0.4, -0.2) is 9.78 Å². The second kappa shape index (κ2) is 6.01. The molecule has 0 fully saturated rings. The maximum absolute atomic E-state index is 11.8. The summed E-state index contributed by atoms with van der Waals surface area (Å²) in [5.74, 6) is 0. The van der Waals surface area contributed by atoms with E-state index in [2.05, 4.69) is 5.10 Å². The SMILES string of the molecule is NCc1ccc(-c2cc(=O)[nH]n2-c2ccc(Cl)cc2Cl)cc1. The van der Waals surface area contributed by atoms with Crippen molar-refractivity contribution in [3.8, 4) is 16.9 Å². The Kier molecular flexibility index (Phi) is 4.07. The van der Waals surface area contributed by atoms with Crippen molar-refractivity contribution in [2.24, 2.45) is 5.73 Å². The first-order valence-electron chi connectivity index (χ1n) is 6.65. The van der Waals surface area contributed by atoms with Crippen LogP contribution in [0.1, 0.15) is 5.56 Å². The van der Waals surface area contributed by atoms with Gasteiger partial charge in [-0.15, -0.1) is 0 Å². The number of halogens is 2. The first kappa shape index (κ1) is 14.9. The first-order valence-corrected chi connectivity index (χ1v) is 7.41. The van der Waals surface area contributed by atoms with E-state index >= 15 is 0 Å². The fourth-order valence-corrected chi connectivity index (χ4v) is 2.76. The van der Waals surface area contributed by atoms with Gasteiger partial charge in [0, 0.05) is 23.2 Å². The van der Waals surface area contributed by atoms with Crippen LogP contribution in [0.3, 0.4) is 0 Å². The van der Waals surface area contributed by atoms with Crippen LogP contribution in [0.5, 0.6) is 0 Å². The Hall–Kier alpha value is -2.01. The van der Waals surface area contributed by atoms with Gasteiger partial charge in [-0.3, -0.25) is 14.6 Å². The maximum atomic E-state index is 11.8. The average Bonchev–Trinajstić information content (AvgIpc) is 2.89. The lowest BCUT2D eigenvalue weighted by Gasteiger charge is -2.11. The second-order valence-electron chi connectivity index (χ2n) is 4.84. The Balaban J connectivity index is 2.15. The molecular weight excluding hydrogens is 321 g/mol. The number of hydrogen-bond donors (Lipinski definition) is 2. The average molecular weight is 334 g/mol. The van der Waals surface area contributed by atoms with Crippen molar-refractivity contribution in [2.75, 3.05) is 0 Å². The van der Waals surface area contributed by atoms with Crippen molar-refractivity contribution in [2.45, 2.75) is 6.54 Å². The monoisotopic (exact) mass is 333 g/mol. The number of H-pyrrole nitrogens is 1. The van der Waals surface area contributed by atoms with E-state index in [-0.39, 0.29) is 5.56 Å². The standard InChI is InChI=1S/C16H13Cl2N3O/c17-12-5-6-14(13(18)7-12)21-15(8-16(22)20-21)11-3-1-10(9-19)2-4-11/h1-8H,9,19H2,(H,20,22). The van der Waals surface area contributed by atoms with Crippen LogP contribution in [0.25, 0.3) is 16.9 Å². The Labute approximate surface area is 137 Å². The van der Waals surface area contributed by atoms with Crippen molar-refractivity contribution in [1.29, 1.82) is 0 Å². The summed E-state index contributed by atoms with van der Waals surface area (Å²) >= 11 is 12.2. The summed E-state index contributed by atoms with van der Waals surface area (Å²) in [7, 11) is 0. The largest absolute Gasteiger partial charge is 0.326 e. The lowest BCUT2D eigenvalue weighted by Crippen LogP contribution is -2.05. The van der Waals surface area contributed by atoms with E-state index in [4.69, 9.17) is 28.9 Å². The van der Waals surface area contributed by atoms with Gasteiger partial charge in [-0.25, -0.2) is 0 Å². The number of nitrogens with one attached hydrogen (secondary N) is 1. The molecule has 112 valence electrons. The van der Waals surface area contributed by atoms with E-state index in [0.717, 1.165) is 16.8 Å². The molecule has 3 N–H and O–H groups in total. The van der Waals surface area contributed by atoms with Crippen molar-refractivity contribution >= 4 is 23.2 Å². The normalized spacial score (nSPS) is 10.9. The number of aromatic nitrogens is 2. The molecule has 1 heterocycles. The summed E-state index contributed by atoms with van der Waals surface area (Å²) in [5.41, 5.74) is 8.70. The van der Waals surface area contributed by atoms with Gasteiger partial charge in [0.2, 0.25) is 0 Å². The summed E-state index contributed by atoms with van der Waals surface area (Å²) in [6, 6.07) is 14.4. The van der Waals surface area contributed by atoms with Crippen molar-refractivity contribution < 1.29 is 0 Å². The third-order valence-corrected chi connectivity index (χ3v) is 3.90. The van der Waals surface area contributed by atoms with Gasteiger partial charge in [0.1, 0.15) is 0 Å². The zero-order valence-corrected chi connectivity index (χ0v) is 13.0. The topological polar surface area (TPSA) is 63.8 Å². The highest BCUT2D eigenvalue weighted by Crippen LogP contribution is 2.28. The molecule has 0 saturated carbocycles. The maximum Gasteiger partial charge on any atom is 0.265 e. The predicted octanol–water partition coefficient (Wildman–Crippen LogP) is 3.60. The van der Waals surface area contributed by atoms with Crippen LogP contribution < -0.4 is 11.3 Å². The highest BCUT2D eigenvalue weighted by atomic mass is 35.5. The van der Waals surface area contributed by atoms with E-state index in [1.54, 1.807) is 22.9 Å². The highest BCUT2D eigenvalue weighted by molar-refractivity contribution is 6.35. The molecule has 6 heteroatoms. The Morgan fingerprint density at radius 1 is 1.05 bits per heavy atom. The third-order valence-electron chi connectivity index (χ3n) is 3.37. The fourth-order valence-electron chi connectivity index (χ4n) is 2.27. The summed E-state index contributed by atoms with van der Waals surface area (Å²) in [4.78, 5) is 11.8. The van der Waals surface area contributed by atoms with Crippen molar-refractivity contribution in [3.05, 3.63) is 74.5 Å². The number of nitrogens with zero attached hydrogens (tertiary/aromatic N) is 1. The Morgan fingerprint density at radius 2 is 1.77 bits per heavy atom. The fraction of sp³-hybridized carbons (Fsp3) is 0.0625. The van der Waals surface area contributed by atoms with Crippen LogP contribution in [0, 0.1) is 0 Å². The minimum absolute atomic E-state index is 0.205. The first-order chi connectivity index (χ1) is 10.6. The lowest BCUT2D eigenvalue weighted by molar-refractivity contribution is 0.871. The molecule has 0 unspecified atom stereocenters. The number of aromatic amines is 1. The van der Waals surface area contributed by atoms with Crippen molar-refractivity contribution in [1.82, 2.24) is 9.78 Å². The molecule has 0 atom stereocenters. The summed E-state index contributed by atoms with van der Waals surface area (Å²) in [6.07, 6.45) is 0. The molecule has 0 saturated heterocycles. The molecule has 0 spiro atoms. The van der Waals surface area contributed by atoms with Gasteiger partial charge in [-0.2, -0.15) is 0 Å². The minimum Gasteiger partial charge on any atom is -0.326 e. The van der Waals surface area contributed by atoms with E-state index < -0.39 is 0 Å². The molecule has 0 aliphatic heterocycles. The van der Waals surface area contributed by atoms with E-state index in [0.29, 0.717) is 22.3 Å². The zero-order chi connectivity index (χ0) is 15.7. The zero-order valence-electron chi connectivity index (χ0n) is 11.5. The molecule has 0 bridgehead atoms. The molecular formula is C16H13Cl2N3O. The lowest BCUT2D eigenvalue weighted by atomic mass is 10.1. The van der Waals surface area contributed by atoms with Gasteiger partial charge in [0.15, 0.2) is 0 Å². The van der Waals surface area contributed by atoms with Crippen LogP contribution >= 0.6 is 23.2 Å². The Morgan fingerprint density at radius 3 is 2.41 bits per heavy atom. The van der Waals surface area contributed by atoms with Gasteiger partial charge >= 0.3 is 0 Å². The van der Waals surface area contributed by atoms with Crippen LogP contribution in [0.15, 0.2) is 53.3 Å². The van der Waals surface area contributed by atoms with E-state index in [1.807, 2.05) is 24.3 Å². The summed E-state index contributed by atoms with van der Waals surface area (Å²) in [6.45, 7) is 0.475. The molecule has 0 amide bonds. The number of benzene rings is 2. The number of hydrogen-bond acceptors (Lipinski definition) is 2. The van der Waals surface area contributed by atoms with Gasteiger partial charge in [-0.05, 0) is 23.8 Å². The van der Waals surface area contributed by atoms with E-state index in [1.165, 1.54) is 6.07 Å². The number of rotatable bonds is 3. The van der Waals surface area contributed by atoms with Gasteiger partial charge in [0.05, 0.1) is 16.4 Å². The molecule has 2 aromatic carbocycles.